The third kappa shape index (κ3) is 2.33. The van der Waals surface area contributed by atoms with E-state index in [1.54, 1.807) is 6.92 Å². The molecule has 6 heteroatoms. The van der Waals surface area contributed by atoms with Crippen molar-refractivity contribution in [3.8, 4) is 5.69 Å². The van der Waals surface area contributed by atoms with Crippen molar-refractivity contribution in [1.29, 1.82) is 0 Å². The highest BCUT2D eigenvalue weighted by Gasteiger charge is 2.20. The Morgan fingerprint density at radius 2 is 1.95 bits per heavy atom. The predicted octanol–water partition coefficient (Wildman–Crippen LogP) is 3.01. The molecule has 0 bridgehead atoms. The fourth-order valence-electron chi connectivity index (χ4n) is 1.99. The summed E-state index contributed by atoms with van der Waals surface area (Å²) in [5.41, 5.74) is 0.885. The van der Waals surface area contributed by atoms with Crippen LogP contribution in [-0.4, -0.2) is 20.8 Å². The molecular weight excluding hydrogens is 264 g/mol. The first kappa shape index (κ1) is 14.3. The maximum atomic E-state index is 14.0. The zero-order valence-corrected chi connectivity index (χ0v) is 11.6. The van der Waals surface area contributed by atoms with Crippen molar-refractivity contribution in [3.05, 3.63) is 40.7 Å². The summed E-state index contributed by atoms with van der Waals surface area (Å²) in [5.74, 6) is -1.29. The van der Waals surface area contributed by atoms with Gasteiger partial charge in [0.05, 0.1) is 5.69 Å². The minimum atomic E-state index is -0.598. The molecule has 0 fully saturated rings. The second kappa shape index (κ2) is 5.48. The molecule has 1 aromatic heterocycles. The van der Waals surface area contributed by atoms with Gasteiger partial charge in [-0.3, -0.25) is 4.79 Å². The zero-order valence-electron chi connectivity index (χ0n) is 11.6. The lowest BCUT2D eigenvalue weighted by Crippen LogP contribution is -2.08. The molecule has 0 aliphatic heterocycles. The van der Waals surface area contributed by atoms with Crippen LogP contribution in [0.25, 0.3) is 5.69 Å². The van der Waals surface area contributed by atoms with Crippen LogP contribution in [0.2, 0.25) is 0 Å². The number of carbonyl (C=O) groups is 1. The van der Waals surface area contributed by atoms with Crippen LogP contribution in [0.3, 0.4) is 0 Å². The Morgan fingerprint density at radius 1 is 1.25 bits per heavy atom. The van der Waals surface area contributed by atoms with E-state index in [1.165, 1.54) is 11.6 Å². The molecule has 1 heterocycles. The summed E-state index contributed by atoms with van der Waals surface area (Å²) in [7, 11) is 0. The molecule has 0 N–H and O–H groups in total. The van der Waals surface area contributed by atoms with Crippen molar-refractivity contribution in [2.75, 3.05) is 0 Å². The van der Waals surface area contributed by atoms with E-state index >= 15 is 0 Å². The lowest BCUT2D eigenvalue weighted by molar-refractivity contribution is 0.0982. The first-order chi connectivity index (χ1) is 9.49. The highest BCUT2D eigenvalue weighted by atomic mass is 19.1. The fraction of sp³-hybridized carbons (Fsp3) is 0.357. The maximum Gasteiger partial charge on any atom is 0.184 e. The first-order valence-electron chi connectivity index (χ1n) is 6.43. The molecule has 0 saturated heterocycles. The number of aromatic nitrogens is 3. The largest absolute Gasteiger partial charge is 0.292 e. The molecule has 0 aliphatic rings. The Hall–Kier alpha value is -2.11. The number of nitrogens with zero attached hydrogens (tertiary/aromatic N) is 3. The minimum absolute atomic E-state index is 0.0346. The number of benzene rings is 1. The highest BCUT2D eigenvalue weighted by molar-refractivity contribution is 5.95. The molecule has 2 aromatic rings. The van der Waals surface area contributed by atoms with Gasteiger partial charge in [-0.1, -0.05) is 19.1 Å². The number of hydrogen-bond acceptors (Lipinski definition) is 3. The summed E-state index contributed by atoms with van der Waals surface area (Å²) < 4.78 is 28.8. The molecule has 0 spiro atoms. The van der Waals surface area contributed by atoms with E-state index in [9.17, 15) is 13.6 Å². The molecule has 106 valence electrons. The van der Waals surface area contributed by atoms with E-state index in [4.69, 9.17) is 0 Å². The summed E-state index contributed by atoms with van der Waals surface area (Å²) in [4.78, 5) is 11.8. The van der Waals surface area contributed by atoms with Crippen LogP contribution in [0.15, 0.2) is 12.1 Å². The van der Waals surface area contributed by atoms with Crippen molar-refractivity contribution in [2.45, 2.75) is 33.6 Å². The van der Waals surface area contributed by atoms with E-state index < -0.39 is 11.6 Å². The number of Topliss-reactive ketones (excluding diaryl/α,β-unsaturated/α-hetero) is 1. The van der Waals surface area contributed by atoms with Gasteiger partial charge >= 0.3 is 0 Å². The summed E-state index contributed by atoms with van der Waals surface area (Å²) in [5, 5.41) is 7.60. The average Bonchev–Trinajstić information content (AvgIpc) is 2.85. The van der Waals surface area contributed by atoms with Gasteiger partial charge in [-0.25, -0.2) is 13.5 Å². The van der Waals surface area contributed by atoms with E-state index in [2.05, 4.69) is 10.3 Å². The second-order valence-corrected chi connectivity index (χ2v) is 4.48. The monoisotopic (exact) mass is 279 g/mol. The quantitative estimate of drug-likeness (QED) is 0.808. The number of rotatable bonds is 4. The van der Waals surface area contributed by atoms with Crippen molar-refractivity contribution in [2.24, 2.45) is 0 Å². The first-order valence-corrected chi connectivity index (χ1v) is 6.43. The van der Waals surface area contributed by atoms with Crippen LogP contribution in [0.4, 0.5) is 8.78 Å². The summed E-state index contributed by atoms with van der Waals surface area (Å²) >= 11 is 0. The predicted molar refractivity (Wildman–Crippen MR) is 70.0 cm³/mol. The van der Waals surface area contributed by atoms with Gasteiger partial charge in [0.1, 0.15) is 17.3 Å². The molecule has 20 heavy (non-hydrogen) atoms. The summed E-state index contributed by atoms with van der Waals surface area (Å²) in [6.45, 7) is 5.01. The Bertz CT molecular complexity index is 665. The molecule has 0 atom stereocenters. The highest BCUT2D eigenvalue weighted by Crippen LogP contribution is 2.21. The summed E-state index contributed by atoms with van der Waals surface area (Å²) in [6, 6.07) is 2.17. The van der Waals surface area contributed by atoms with Crippen molar-refractivity contribution in [3.63, 3.8) is 0 Å². The van der Waals surface area contributed by atoms with Gasteiger partial charge in [0.25, 0.3) is 0 Å². The number of aryl methyl sites for hydroxylation is 1. The van der Waals surface area contributed by atoms with Gasteiger partial charge < -0.3 is 0 Å². The van der Waals surface area contributed by atoms with E-state index in [0.717, 1.165) is 12.1 Å². The average molecular weight is 279 g/mol. The van der Waals surface area contributed by atoms with Crippen LogP contribution in [0.1, 0.15) is 42.0 Å². The third-order valence-electron chi connectivity index (χ3n) is 3.14. The summed E-state index contributed by atoms with van der Waals surface area (Å²) in [6.07, 6.45) is 0.736. The molecule has 0 unspecified atom stereocenters. The number of halogens is 2. The van der Waals surface area contributed by atoms with E-state index in [-0.39, 0.29) is 29.1 Å². The van der Waals surface area contributed by atoms with Gasteiger partial charge in [-0.15, -0.1) is 5.10 Å². The van der Waals surface area contributed by atoms with Gasteiger partial charge in [0.15, 0.2) is 11.5 Å². The molecule has 2 rings (SSSR count). The Kier molecular flexibility index (Phi) is 3.92. The van der Waals surface area contributed by atoms with Crippen molar-refractivity contribution < 1.29 is 13.6 Å². The third-order valence-corrected chi connectivity index (χ3v) is 3.14. The van der Waals surface area contributed by atoms with Crippen molar-refractivity contribution >= 4 is 5.78 Å². The molecular formula is C14H15F2N3O. The Balaban J connectivity index is 2.62. The van der Waals surface area contributed by atoms with Gasteiger partial charge in [0.2, 0.25) is 0 Å². The molecule has 0 amide bonds. The van der Waals surface area contributed by atoms with E-state index in [1.807, 2.05) is 6.92 Å². The second-order valence-electron chi connectivity index (χ2n) is 4.48. The maximum absolute atomic E-state index is 14.0. The standard InChI is InChI=1S/C14H15F2N3O/c1-4-11-14(13(20)5-2)17-18-19(11)12-7-9(15)8(3)6-10(12)16/h6-7H,4-5H2,1-3H3. The van der Waals surface area contributed by atoms with E-state index in [0.29, 0.717) is 12.1 Å². The smallest absolute Gasteiger partial charge is 0.184 e. The van der Waals surface area contributed by atoms with Gasteiger partial charge in [-0.05, 0) is 25.0 Å². The lowest BCUT2D eigenvalue weighted by Gasteiger charge is -2.08. The SMILES string of the molecule is CCC(=O)c1nnn(-c2cc(F)c(C)cc2F)c1CC. The van der Waals surface area contributed by atoms with Crippen LogP contribution in [0, 0.1) is 18.6 Å². The normalized spacial score (nSPS) is 10.8. The van der Waals surface area contributed by atoms with Gasteiger partial charge in [-0.2, -0.15) is 0 Å². The lowest BCUT2D eigenvalue weighted by atomic mass is 10.1. The van der Waals surface area contributed by atoms with Crippen LogP contribution in [-0.2, 0) is 6.42 Å². The number of ketones is 1. The Morgan fingerprint density at radius 3 is 2.55 bits per heavy atom. The number of hydrogen-bond donors (Lipinski definition) is 0. The molecule has 1 aromatic carbocycles. The zero-order chi connectivity index (χ0) is 14.9. The molecule has 4 nitrogen and oxygen atoms in total. The molecule has 0 saturated carbocycles. The topological polar surface area (TPSA) is 47.8 Å². The fourth-order valence-corrected chi connectivity index (χ4v) is 1.99. The molecule has 0 radical (unpaired) electrons. The van der Waals surface area contributed by atoms with Crippen LogP contribution >= 0.6 is 0 Å². The Labute approximate surface area is 115 Å². The van der Waals surface area contributed by atoms with Crippen LogP contribution < -0.4 is 0 Å². The molecule has 0 aliphatic carbocycles. The minimum Gasteiger partial charge on any atom is -0.292 e. The van der Waals surface area contributed by atoms with Crippen LogP contribution in [0.5, 0.6) is 0 Å². The number of carbonyl (C=O) groups excluding carboxylic acids is 1. The van der Waals surface area contributed by atoms with Crippen molar-refractivity contribution in [1.82, 2.24) is 15.0 Å². The van der Waals surface area contributed by atoms with Gasteiger partial charge in [0, 0.05) is 12.5 Å².